The zero-order chi connectivity index (χ0) is 14.3. The van der Waals surface area contributed by atoms with Gasteiger partial charge in [0.2, 0.25) is 11.8 Å². The zero-order valence-electron chi connectivity index (χ0n) is 11.6. The van der Waals surface area contributed by atoms with Crippen molar-refractivity contribution in [3.05, 3.63) is 0 Å². The maximum atomic E-state index is 12.2. The molecule has 106 valence electrons. The number of rotatable bonds is 4. The topological polar surface area (TPSA) is 74.7 Å². The second kappa shape index (κ2) is 4.94. The third-order valence-electron chi connectivity index (χ3n) is 4.47. The van der Waals surface area contributed by atoms with Crippen molar-refractivity contribution in [1.29, 1.82) is 0 Å². The molecule has 0 bridgehead atoms. The molecule has 3 atom stereocenters. The summed E-state index contributed by atoms with van der Waals surface area (Å²) in [5, 5.41) is 9.17. The Labute approximate surface area is 113 Å². The van der Waals surface area contributed by atoms with Gasteiger partial charge in [0.05, 0.1) is 17.8 Å². The lowest BCUT2D eigenvalue weighted by Crippen LogP contribution is -2.40. The van der Waals surface area contributed by atoms with Crippen LogP contribution in [0.4, 0.5) is 0 Å². The smallest absolute Gasteiger partial charge is 0.308 e. The summed E-state index contributed by atoms with van der Waals surface area (Å²) >= 11 is 0. The molecule has 2 amide bonds. The standard InChI is InChI=1S/C14H21NO4/c1-7(2)11(14(18)19)6-15-12(16)9-4-8(3)5-10(9)13(15)17/h7-11H,4-6H2,1-3H3,(H,18,19). The molecule has 1 heterocycles. The van der Waals surface area contributed by atoms with Gasteiger partial charge in [-0.1, -0.05) is 20.8 Å². The van der Waals surface area contributed by atoms with Crippen LogP contribution < -0.4 is 0 Å². The Hall–Kier alpha value is -1.39. The summed E-state index contributed by atoms with van der Waals surface area (Å²) < 4.78 is 0. The fourth-order valence-corrected chi connectivity index (χ4v) is 3.30. The second-order valence-corrected chi connectivity index (χ2v) is 6.27. The molecule has 0 aromatic heterocycles. The van der Waals surface area contributed by atoms with Gasteiger partial charge in [0.1, 0.15) is 0 Å². The predicted molar refractivity (Wildman–Crippen MR) is 68.1 cm³/mol. The molecule has 1 saturated carbocycles. The van der Waals surface area contributed by atoms with E-state index in [-0.39, 0.29) is 36.1 Å². The fourth-order valence-electron chi connectivity index (χ4n) is 3.30. The molecule has 19 heavy (non-hydrogen) atoms. The Morgan fingerprint density at radius 3 is 2.11 bits per heavy atom. The van der Waals surface area contributed by atoms with Crippen molar-refractivity contribution < 1.29 is 19.5 Å². The Morgan fingerprint density at radius 1 is 1.26 bits per heavy atom. The van der Waals surface area contributed by atoms with Crippen LogP contribution >= 0.6 is 0 Å². The van der Waals surface area contributed by atoms with E-state index in [1.54, 1.807) is 13.8 Å². The van der Waals surface area contributed by atoms with Crippen LogP contribution in [0, 0.1) is 29.6 Å². The Morgan fingerprint density at radius 2 is 1.74 bits per heavy atom. The van der Waals surface area contributed by atoms with E-state index in [2.05, 4.69) is 6.92 Å². The van der Waals surface area contributed by atoms with Gasteiger partial charge in [0, 0.05) is 6.54 Å². The summed E-state index contributed by atoms with van der Waals surface area (Å²) in [5.41, 5.74) is 0. The first-order chi connectivity index (χ1) is 8.82. The molecule has 5 heteroatoms. The van der Waals surface area contributed by atoms with Gasteiger partial charge in [-0.25, -0.2) is 0 Å². The van der Waals surface area contributed by atoms with Gasteiger partial charge in [-0.05, 0) is 24.7 Å². The van der Waals surface area contributed by atoms with Gasteiger partial charge in [-0.2, -0.15) is 0 Å². The molecule has 0 spiro atoms. The lowest BCUT2D eigenvalue weighted by atomic mass is 9.95. The highest BCUT2D eigenvalue weighted by Crippen LogP contribution is 2.43. The molecule has 0 aromatic rings. The maximum absolute atomic E-state index is 12.2. The molecule has 0 aromatic carbocycles. The third-order valence-corrected chi connectivity index (χ3v) is 4.47. The molecule has 1 N–H and O–H groups in total. The monoisotopic (exact) mass is 267 g/mol. The number of carbonyl (C=O) groups excluding carboxylic acids is 2. The van der Waals surface area contributed by atoms with E-state index in [4.69, 9.17) is 0 Å². The van der Waals surface area contributed by atoms with Crippen molar-refractivity contribution in [3.63, 3.8) is 0 Å². The maximum Gasteiger partial charge on any atom is 0.308 e. The molecule has 5 nitrogen and oxygen atoms in total. The fraction of sp³-hybridized carbons (Fsp3) is 0.786. The number of aliphatic carboxylic acids is 1. The van der Waals surface area contributed by atoms with Crippen LogP contribution in [-0.4, -0.2) is 34.3 Å². The van der Waals surface area contributed by atoms with E-state index in [9.17, 15) is 19.5 Å². The van der Waals surface area contributed by atoms with Crippen molar-refractivity contribution in [1.82, 2.24) is 4.90 Å². The number of carbonyl (C=O) groups is 3. The number of fused-ring (bicyclic) bond motifs is 1. The molecule has 2 aliphatic rings. The molecule has 1 aliphatic heterocycles. The summed E-state index contributed by atoms with van der Waals surface area (Å²) in [6.45, 7) is 5.67. The first-order valence-electron chi connectivity index (χ1n) is 6.91. The van der Waals surface area contributed by atoms with E-state index in [1.165, 1.54) is 4.90 Å². The van der Waals surface area contributed by atoms with Gasteiger partial charge >= 0.3 is 5.97 Å². The van der Waals surface area contributed by atoms with Crippen LogP contribution in [0.15, 0.2) is 0 Å². The van der Waals surface area contributed by atoms with E-state index in [0.717, 1.165) is 12.8 Å². The first-order valence-corrected chi connectivity index (χ1v) is 6.91. The van der Waals surface area contributed by atoms with Crippen molar-refractivity contribution in [2.45, 2.75) is 33.6 Å². The quantitative estimate of drug-likeness (QED) is 0.781. The van der Waals surface area contributed by atoms with Gasteiger partial charge in [-0.15, -0.1) is 0 Å². The number of likely N-dealkylation sites (tertiary alicyclic amines) is 1. The summed E-state index contributed by atoms with van der Waals surface area (Å²) in [5.74, 6) is -2.04. The normalized spacial score (nSPS) is 32.0. The predicted octanol–water partition coefficient (Wildman–Crippen LogP) is 1.37. The lowest BCUT2D eigenvalue weighted by molar-refractivity contribution is -0.147. The molecular formula is C14H21NO4. The van der Waals surface area contributed by atoms with Gasteiger partial charge in [-0.3, -0.25) is 19.3 Å². The molecule has 1 aliphatic carbocycles. The zero-order valence-corrected chi connectivity index (χ0v) is 11.6. The van der Waals surface area contributed by atoms with Crippen LogP contribution in [0.3, 0.4) is 0 Å². The highest BCUT2D eigenvalue weighted by atomic mass is 16.4. The minimum absolute atomic E-state index is 0.0199. The number of nitrogens with zero attached hydrogens (tertiary/aromatic N) is 1. The van der Waals surface area contributed by atoms with Crippen molar-refractivity contribution in [3.8, 4) is 0 Å². The number of imide groups is 1. The van der Waals surface area contributed by atoms with Gasteiger partial charge < -0.3 is 5.11 Å². The van der Waals surface area contributed by atoms with E-state index < -0.39 is 11.9 Å². The van der Waals surface area contributed by atoms with E-state index in [0.29, 0.717) is 5.92 Å². The molecule has 2 fully saturated rings. The number of hydrogen-bond donors (Lipinski definition) is 1. The van der Waals surface area contributed by atoms with E-state index >= 15 is 0 Å². The highest BCUT2D eigenvalue weighted by Gasteiger charge is 2.52. The molecule has 0 radical (unpaired) electrons. The summed E-state index contributed by atoms with van der Waals surface area (Å²) in [6, 6.07) is 0. The molecule has 1 saturated heterocycles. The Balaban J connectivity index is 2.12. The first kappa shape index (κ1) is 14.0. The van der Waals surface area contributed by atoms with Crippen LogP contribution in [0.2, 0.25) is 0 Å². The average molecular weight is 267 g/mol. The van der Waals surface area contributed by atoms with Crippen molar-refractivity contribution >= 4 is 17.8 Å². The number of hydrogen-bond acceptors (Lipinski definition) is 3. The minimum atomic E-state index is -0.943. The summed E-state index contributed by atoms with van der Waals surface area (Å²) in [6.07, 6.45) is 1.51. The highest BCUT2D eigenvalue weighted by molar-refractivity contribution is 6.05. The molecular weight excluding hydrogens is 246 g/mol. The molecule has 3 unspecified atom stereocenters. The van der Waals surface area contributed by atoms with Gasteiger partial charge in [0.25, 0.3) is 0 Å². The molecule has 2 rings (SSSR count). The van der Waals surface area contributed by atoms with Crippen molar-refractivity contribution in [2.24, 2.45) is 29.6 Å². The van der Waals surface area contributed by atoms with Crippen LogP contribution in [0.25, 0.3) is 0 Å². The Kier molecular flexibility index (Phi) is 3.65. The lowest BCUT2D eigenvalue weighted by Gasteiger charge is -2.23. The number of carboxylic acids is 1. The average Bonchev–Trinajstić information content (AvgIpc) is 2.77. The minimum Gasteiger partial charge on any atom is -0.481 e. The number of carboxylic acid groups (broad SMARTS) is 1. The summed E-state index contributed by atoms with van der Waals surface area (Å²) in [7, 11) is 0. The SMILES string of the molecule is CC1CC2C(=O)N(CC(C(=O)O)C(C)C)C(=O)C2C1. The third kappa shape index (κ3) is 2.38. The van der Waals surface area contributed by atoms with Gasteiger partial charge in [0.15, 0.2) is 0 Å². The Bertz CT molecular complexity index is 394. The van der Waals surface area contributed by atoms with Crippen LogP contribution in [0.5, 0.6) is 0 Å². The van der Waals surface area contributed by atoms with Crippen LogP contribution in [-0.2, 0) is 14.4 Å². The number of amides is 2. The largest absolute Gasteiger partial charge is 0.481 e. The van der Waals surface area contributed by atoms with Crippen molar-refractivity contribution in [2.75, 3.05) is 6.54 Å². The summed E-state index contributed by atoms with van der Waals surface area (Å²) in [4.78, 5) is 36.9. The van der Waals surface area contributed by atoms with Crippen LogP contribution in [0.1, 0.15) is 33.6 Å². The second-order valence-electron chi connectivity index (χ2n) is 6.27. The van der Waals surface area contributed by atoms with E-state index in [1.807, 2.05) is 0 Å².